The van der Waals surface area contributed by atoms with Crippen LogP contribution in [0, 0.1) is 5.82 Å². The second-order valence-electron chi connectivity index (χ2n) is 7.15. The Bertz CT molecular complexity index is 741. The first-order valence-electron chi connectivity index (χ1n) is 9.04. The molecule has 0 unspecified atom stereocenters. The van der Waals surface area contributed by atoms with Crippen molar-refractivity contribution in [2.24, 2.45) is 0 Å². The van der Waals surface area contributed by atoms with Crippen molar-refractivity contribution in [1.82, 2.24) is 10.2 Å². The second kappa shape index (κ2) is 8.04. The van der Waals surface area contributed by atoms with Crippen LogP contribution in [0.15, 0.2) is 24.3 Å². The smallest absolute Gasteiger partial charge is 0.329 e. The van der Waals surface area contributed by atoms with Gasteiger partial charge in [0.1, 0.15) is 19.0 Å². The van der Waals surface area contributed by atoms with Gasteiger partial charge in [-0.25, -0.2) is 9.18 Å². The van der Waals surface area contributed by atoms with Crippen LogP contribution in [0.2, 0.25) is 0 Å². The molecule has 2 aliphatic rings. The van der Waals surface area contributed by atoms with E-state index in [9.17, 15) is 18.8 Å². The number of aliphatic carboxylic acids is 1. The van der Waals surface area contributed by atoms with Crippen LogP contribution in [0.25, 0.3) is 0 Å². The number of likely N-dealkylation sites (tertiary alicyclic amines) is 1. The van der Waals surface area contributed by atoms with Gasteiger partial charge < -0.3 is 20.1 Å². The van der Waals surface area contributed by atoms with Crippen molar-refractivity contribution in [3.63, 3.8) is 0 Å². The zero-order chi connectivity index (χ0) is 19.4. The highest BCUT2D eigenvalue weighted by atomic mass is 19.1. The van der Waals surface area contributed by atoms with Gasteiger partial charge in [-0.05, 0) is 24.5 Å². The Morgan fingerprint density at radius 3 is 2.81 bits per heavy atom. The molecule has 8 heteroatoms. The van der Waals surface area contributed by atoms with Gasteiger partial charge in [-0.1, -0.05) is 24.6 Å². The third-order valence-corrected chi connectivity index (χ3v) is 5.29. The number of carboxylic acids is 1. The molecule has 1 aromatic carbocycles. The fourth-order valence-electron chi connectivity index (χ4n) is 4.08. The molecule has 2 heterocycles. The molecule has 2 atom stereocenters. The number of carbonyl (C=O) groups is 3. The van der Waals surface area contributed by atoms with Crippen molar-refractivity contribution in [2.75, 3.05) is 26.3 Å². The number of hydrogen-bond donors (Lipinski definition) is 2. The average molecular weight is 378 g/mol. The molecule has 2 amide bonds. The second-order valence-corrected chi connectivity index (χ2v) is 7.15. The number of benzene rings is 1. The van der Waals surface area contributed by atoms with E-state index in [-0.39, 0.29) is 43.2 Å². The number of hydrogen-bond acceptors (Lipinski definition) is 4. The summed E-state index contributed by atoms with van der Waals surface area (Å²) < 4.78 is 19.4. The fourth-order valence-corrected chi connectivity index (χ4v) is 4.08. The summed E-state index contributed by atoms with van der Waals surface area (Å²) in [6, 6.07) is 6.41. The Balaban J connectivity index is 1.85. The minimum atomic E-state index is -1.15. The highest BCUT2D eigenvalue weighted by Gasteiger charge is 2.50. The molecule has 2 fully saturated rings. The predicted molar refractivity (Wildman–Crippen MR) is 93.5 cm³/mol. The number of ether oxygens (including phenoxy) is 1. The number of carboxylic acid groups (broad SMARTS) is 1. The topological polar surface area (TPSA) is 95.9 Å². The predicted octanol–water partition coefficient (Wildman–Crippen LogP) is 1.28. The molecule has 7 nitrogen and oxygen atoms in total. The summed E-state index contributed by atoms with van der Waals surface area (Å²) in [4.78, 5) is 36.8. The lowest BCUT2D eigenvalue weighted by Crippen LogP contribution is -2.53. The molecule has 2 N–H and O–H groups in total. The third kappa shape index (κ3) is 4.27. The average Bonchev–Trinajstić information content (AvgIpc) is 2.86. The first-order valence-corrected chi connectivity index (χ1v) is 9.04. The SMILES string of the molecule is O=C(O)COCC(=O)N1C[C@@H](c2ccccc2F)[C@@]2(CCCCC(=O)N2)C1. The molecule has 0 bridgehead atoms. The zero-order valence-electron chi connectivity index (χ0n) is 14.9. The summed E-state index contributed by atoms with van der Waals surface area (Å²) in [6.45, 7) is -0.415. The first kappa shape index (κ1) is 19.3. The number of carbonyl (C=O) groups excluding carboxylic acids is 2. The van der Waals surface area contributed by atoms with Crippen LogP contribution in [-0.4, -0.2) is 59.6 Å². The number of rotatable bonds is 5. The van der Waals surface area contributed by atoms with Crippen molar-refractivity contribution in [3.8, 4) is 0 Å². The van der Waals surface area contributed by atoms with Crippen molar-refractivity contribution < 1.29 is 28.6 Å². The van der Waals surface area contributed by atoms with Gasteiger partial charge in [0.25, 0.3) is 0 Å². The molecule has 27 heavy (non-hydrogen) atoms. The molecule has 3 rings (SSSR count). The maximum absolute atomic E-state index is 14.5. The molecule has 2 saturated heterocycles. The molecule has 1 aromatic rings. The molecule has 0 radical (unpaired) electrons. The maximum Gasteiger partial charge on any atom is 0.329 e. The maximum atomic E-state index is 14.5. The largest absolute Gasteiger partial charge is 0.480 e. The molecule has 0 aromatic heterocycles. The minimum Gasteiger partial charge on any atom is -0.480 e. The summed E-state index contributed by atoms with van der Waals surface area (Å²) in [6.07, 6.45) is 2.63. The van der Waals surface area contributed by atoms with E-state index in [1.807, 2.05) is 0 Å². The first-order chi connectivity index (χ1) is 12.9. The van der Waals surface area contributed by atoms with Crippen LogP contribution < -0.4 is 5.32 Å². The lowest BCUT2D eigenvalue weighted by atomic mass is 9.78. The highest BCUT2D eigenvalue weighted by Crippen LogP contribution is 2.41. The van der Waals surface area contributed by atoms with E-state index in [4.69, 9.17) is 9.84 Å². The van der Waals surface area contributed by atoms with E-state index < -0.39 is 18.1 Å². The fraction of sp³-hybridized carbons (Fsp3) is 0.526. The molecular weight excluding hydrogens is 355 g/mol. The van der Waals surface area contributed by atoms with Gasteiger partial charge >= 0.3 is 5.97 Å². The van der Waals surface area contributed by atoms with Crippen LogP contribution in [-0.2, 0) is 19.1 Å². The van der Waals surface area contributed by atoms with E-state index in [2.05, 4.69) is 5.32 Å². The lowest BCUT2D eigenvalue weighted by molar-refractivity contribution is -0.145. The number of halogens is 1. The van der Waals surface area contributed by atoms with Gasteiger partial charge in [0, 0.05) is 25.4 Å². The van der Waals surface area contributed by atoms with Crippen molar-refractivity contribution in [1.29, 1.82) is 0 Å². The van der Waals surface area contributed by atoms with E-state index in [0.717, 1.165) is 12.8 Å². The van der Waals surface area contributed by atoms with Crippen LogP contribution in [0.5, 0.6) is 0 Å². The van der Waals surface area contributed by atoms with Crippen molar-refractivity contribution in [2.45, 2.75) is 37.1 Å². The van der Waals surface area contributed by atoms with Crippen LogP contribution in [0.1, 0.15) is 37.2 Å². The summed E-state index contributed by atoms with van der Waals surface area (Å²) >= 11 is 0. The van der Waals surface area contributed by atoms with Gasteiger partial charge in [0.2, 0.25) is 11.8 Å². The Labute approximate surface area is 156 Å². The van der Waals surface area contributed by atoms with E-state index in [1.165, 1.54) is 11.0 Å². The van der Waals surface area contributed by atoms with Gasteiger partial charge in [-0.3, -0.25) is 9.59 Å². The highest BCUT2D eigenvalue weighted by molar-refractivity contribution is 5.80. The molecular formula is C19H23FN2O5. The number of amides is 2. The van der Waals surface area contributed by atoms with Crippen LogP contribution in [0.3, 0.4) is 0 Å². The molecule has 146 valence electrons. The molecule has 2 aliphatic heterocycles. The van der Waals surface area contributed by atoms with Crippen LogP contribution in [0.4, 0.5) is 4.39 Å². The lowest BCUT2D eigenvalue weighted by Gasteiger charge is -2.34. The molecule has 0 aliphatic carbocycles. The summed E-state index contributed by atoms with van der Waals surface area (Å²) in [7, 11) is 0. The number of nitrogens with zero attached hydrogens (tertiary/aromatic N) is 1. The standard InChI is InChI=1S/C19H23FN2O5/c20-15-6-2-1-5-13(15)14-9-22(17(24)10-27-11-18(25)26)12-19(14)8-4-3-7-16(23)21-19/h1-2,5-6,14H,3-4,7-12H2,(H,21,23)(H,25,26)/t14-,19+/m0/s1. The Morgan fingerprint density at radius 1 is 1.30 bits per heavy atom. The normalized spacial score (nSPS) is 25.3. The van der Waals surface area contributed by atoms with E-state index in [0.29, 0.717) is 18.4 Å². The summed E-state index contributed by atoms with van der Waals surface area (Å²) in [5.74, 6) is -2.35. The van der Waals surface area contributed by atoms with Gasteiger partial charge in [-0.15, -0.1) is 0 Å². The van der Waals surface area contributed by atoms with E-state index >= 15 is 0 Å². The van der Waals surface area contributed by atoms with E-state index in [1.54, 1.807) is 18.2 Å². The van der Waals surface area contributed by atoms with Gasteiger partial charge in [0.15, 0.2) is 0 Å². The van der Waals surface area contributed by atoms with Crippen molar-refractivity contribution >= 4 is 17.8 Å². The Morgan fingerprint density at radius 2 is 2.07 bits per heavy atom. The Hall–Kier alpha value is -2.48. The summed E-state index contributed by atoms with van der Waals surface area (Å²) in [5, 5.41) is 11.7. The molecule has 1 spiro atoms. The molecule has 0 saturated carbocycles. The number of nitrogens with one attached hydrogen (secondary N) is 1. The third-order valence-electron chi connectivity index (χ3n) is 5.29. The van der Waals surface area contributed by atoms with Gasteiger partial charge in [-0.2, -0.15) is 0 Å². The summed E-state index contributed by atoms with van der Waals surface area (Å²) in [5.41, 5.74) is -0.250. The Kier molecular flexibility index (Phi) is 5.74. The monoisotopic (exact) mass is 378 g/mol. The minimum absolute atomic E-state index is 0.0923. The quantitative estimate of drug-likeness (QED) is 0.805. The van der Waals surface area contributed by atoms with Gasteiger partial charge in [0.05, 0.1) is 5.54 Å². The van der Waals surface area contributed by atoms with Crippen molar-refractivity contribution in [3.05, 3.63) is 35.6 Å². The van der Waals surface area contributed by atoms with Crippen LogP contribution >= 0.6 is 0 Å². The zero-order valence-corrected chi connectivity index (χ0v) is 14.9.